The molecule has 0 radical (unpaired) electrons. The van der Waals surface area contributed by atoms with Crippen LogP contribution in [0.4, 0.5) is 10.1 Å². The largest absolute Gasteiger partial charge is 0.316 e. The molecule has 1 aromatic rings. The maximum absolute atomic E-state index is 12.8. The van der Waals surface area contributed by atoms with Crippen molar-refractivity contribution < 1.29 is 12.8 Å². The van der Waals surface area contributed by atoms with Gasteiger partial charge in [0.1, 0.15) is 5.82 Å². The van der Waals surface area contributed by atoms with Crippen LogP contribution < -0.4 is 10.0 Å². The summed E-state index contributed by atoms with van der Waals surface area (Å²) in [6.45, 7) is 3.02. The highest BCUT2D eigenvalue weighted by Crippen LogP contribution is 2.20. The normalized spacial score (nSPS) is 11.5. The first kappa shape index (κ1) is 14.7. The van der Waals surface area contributed by atoms with E-state index in [-0.39, 0.29) is 11.6 Å². The Bertz CT molecular complexity index is 479. The Labute approximate surface area is 114 Å². The molecule has 0 fully saturated rings. The molecule has 1 rings (SSSR count). The maximum Gasteiger partial charge on any atom is 0.234 e. The Balaban J connectivity index is 2.69. The van der Waals surface area contributed by atoms with Gasteiger partial charge in [0.25, 0.3) is 0 Å². The third kappa shape index (κ3) is 5.17. The third-order valence-corrected chi connectivity index (χ3v) is 4.16. The van der Waals surface area contributed by atoms with Gasteiger partial charge in [-0.3, -0.25) is 4.72 Å². The minimum Gasteiger partial charge on any atom is -0.316 e. The number of hydrogen-bond acceptors (Lipinski definition) is 3. The summed E-state index contributed by atoms with van der Waals surface area (Å²) in [6, 6.07) is 3.93. The van der Waals surface area contributed by atoms with E-state index in [1.165, 1.54) is 18.2 Å². The lowest BCUT2D eigenvalue weighted by Crippen LogP contribution is -2.26. The van der Waals surface area contributed by atoms with Gasteiger partial charge in [0.2, 0.25) is 10.0 Å². The molecular weight excluding hydrogens is 358 g/mol. The topological polar surface area (TPSA) is 58.2 Å². The molecule has 2 N–H and O–H groups in total. The summed E-state index contributed by atoms with van der Waals surface area (Å²) in [6.07, 6.45) is 0. The van der Waals surface area contributed by atoms with E-state index < -0.39 is 10.0 Å². The molecule has 0 aromatic heterocycles. The van der Waals surface area contributed by atoms with E-state index in [1.54, 1.807) is 0 Å². The molecule has 0 amide bonds. The van der Waals surface area contributed by atoms with Crippen molar-refractivity contribution in [3.8, 4) is 0 Å². The molecule has 0 unspecified atom stereocenters. The van der Waals surface area contributed by atoms with Crippen LogP contribution in [0.1, 0.15) is 6.92 Å². The lowest BCUT2D eigenvalue weighted by Gasteiger charge is -2.09. The number of rotatable bonds is 6. The van der Waals surface area contributed by atoms with E-state index in [2.05, 4.69) is 10.0 Å². The Hall–Kier alpha value is -0.410. The van der Waals surface area contributed by atoms with Gasteiger partial charge >= 0.3 is 0 Å². The number of halogens is 2. The van der Waals surface area contributed by atoms with E-state index in [4.69, 9.17) is 0 Å². The summed E-state index contributed by atoms with van der Waals surface area (Å²) < 4.78 is 39.1. The fraction of sp³-hybridized carbons (Fsp3) is 0.400. The zero-order valence-corrected chi connectivity index (χ0v) is 12.3. The minimum absolute atomic E-state index is 0.00566. The Kier molecular flexibility index (Phi) is 5.60. The van der Waals surface area contributed by atoms with Crippen molar-refractivity contribution in [3.63, 3.8) is 0 Å². The van der Waals surface area contributed by atoms with Gasteiger partial charge in [-0.1, -0.05) is 6.92 Å². The Morgan fingerprint density at radius 1 is 1.41 bits per heavy atom. The number of nitrogens with one attached hydrogen (secondary N) is 2. The smallest absolute Gasteiger partial charge is 0.234 e. The van der Waals surface area contributed by atoms with Gasteiger partial charge in [-0.25, -0.2) is 12.8 Å². The molecule has 0 spiro atoms. The van der Waals surface area contributed by atoms with Gasteiger partial charge in [-0.05, 0) is 47.3 Å². The molecule has 0 saturated carbocycles. The Morgan fingerprint density at radius 2 is 2.12 bits per heavy atom. The van der Waals surface area contributed by atoms with Crippen LogP contribution in [0.15, 0.2) is 18.2 Å². The number of hydrogen-bond donors (Lipinski definition) is 2. The lowest BCUT2D eigenvalue weighted by molar-refractivity contribution is 0.597. The lowest BCUT2D eigenvalue weighted by atomic mass is 10.3. The SMILES string of the molecule is CCNCCS(=O)(=O)Nc1ccc(F)cc1I. The van der Waals surface area contributed by atoms with Gasteiger partial charge in [0.05, 0.1) is 11.4 Å². The number of anilines is 1. The van der Waals surface area contributed by atoms with Gasteiger partial charge in [0.15, 0.2) is 0 Å². The van der Waals surface area contributed by atoms with E-state index in [1.807, 2.05) is 29.5 Å². The number of benzene rings is 1. The summed E-state index contributed by atoms with van der Waals surface area (Å²) in [5.74, 6) is -0.390. The summed E-state index contributed by atoms with van der Waals surface area (Å²) in [4.78, 5) is 0. The van der Waals surface area contributed by atoms with Gasteiger partial charge < -0.3 is 5.32 Å². The third-order valence-electron chi connectivity index (χ3n) is 1.99. The van der Waals surface area contributed by atoms with Crippen molar-refractivity contribution in [1.82, 2.24) is 5.32 Å². The first-order valence-corrected chi connectivity index (χ1v) is 7.84. The summed E-state index contributed by atoms with van der Waals surface area (Å²) >= 11 is 1.89. The molecule has 7 heteroatoms. The molecule has 0 heterocycles. The van der Waals surface area contributed by atoms with Crippen LogP contribution in [0.25, 0.3) is 0 Å². The van der Waals surface area contributed by atoms with Crippen LogP contribution in [0, 0.1) is 9.39 Å². The Morgan fingerprint density at radius 3 is 2.71 bits per heavy atom. The summed E-state index contributed by atoms with van der Waals surface area (Å²) in [7, 11) is -3.38. The average Bonchev–Trinajstić information content (AvgIpc) is 2.22. The van der Waals surface area contributed by atoms with Crippen molar-refractivity contribution in [2.45, 2.75) is 6.92 Å². The zero-order valence-electron chi connectivity index (χ0n) is 9.33. The minimum atomic E-state index is -3.38. The van der Waals surface area contributed by atoms with Crippen molar-refractivity contribution in [1.29, 1.82) is 0 Å². The van der Waals surface area contributed by atoms with Gasteiger partial charge in [-0.15, -0.1) is 0 Å². The first-order chi connectivity index (χ1) is 7.94. The summed E-state index contributed by atoms with van der Waals surface area (Å²) in [5.41, 5.74) is 0.406. The highest BCUT2D eigenvalue weighted by atomic mass is 127. The van der Waals surface area contributed by atoms with Crippen molar-refractivity contribution >= 4 is 38.3 Å². The van der Waals surface area contributed by atoms with Crippen LogP contribution in [-0.2, 0) is 10.0 Å². The van der Waals surface area contributed by atoms with Gasteiger partial charge in [0, 0.05) is 10.1 Å². The molecule has 0 aliphatic carbocycles. The van der Waals surface area contributed by atoms with E-state index in [9.17, 15) is 12.8 Å². The molecule has 0 atom stereocenters. The predicted molar refractivity (Wildman–Crippen MR) is 75.1 cm³/mol. The van der Waals surface area contributed by atoms with Crippen molar-refractivity contribution in [2.24, 2.45) is 0 Å². The molecule has 0 saturated heterocycles. The fourth-order valence-corrected chi connectivity index (χ4v) is 3.00. The molecule has 4 nitrogen and oxygen atoms in total. The van der Waals surface area contributed by atoms with E-state index in [0.29, 0.717) is 15.8 Å². The zero-order chi connectivity index (χ0) is 12.9. The standard InChI is InChI=1S/C10H14FIN2O2S/c1-2-13-5-6-17(15,16)14-10-4-3-8(11)7-9(10)12/h3-4,7,13-14H,2,5-6H2,1H3. The predicted octanol–water partition coefficient (Wildman–Crippen LogP) is 1.78. The van der Waals surface area contributed by atoms with Gasteiger partial charge in [-0.2, -0.15) is 0 Å². The molecule has 0 aliphatic heterocycles. The molecule has 0 aliphatic rings. The monoisotopic (exact) mass is 372 g/mol. The van der Waals surface area contributed by atoms with E-state index in [0.717, 1.165) is 6.54 Å². The van der Waals surface area contributed by atoms with Crippen LogP contribution in [0.5, 0.6) is 0 Å². The maximum atomic E-state index is 12.8. The molecule has 1 aromatic carbocycles. The second-order valence-corrected chi connectivity index (χ2v) is 6.40. The fourth-order valence-electron chi connectivity index (χ4n) is 1.17. The quantitative estimate of drug-likeness (QED) is 0.591. The average molecular weight is 372 g/mol. The number of sulfonamides is 1. The molecule has 0 bridgehead atoms. The van der Waals surface area contributed by atoms with Crippen LogP contribution >= 0.6 is 22.6 Å². The highest BCUT2D eigenvalue weighted by Gasteiger charge is 2.12. The summed E-state index contributed by atoms with van der Waals surface area (Å²) in [5, 5.41) is 2.93. The van der Waals surface area contributed by atoms with E-state index >= 15 is 0 Å². The van der Waals surface area contributed by atoms with Crippen LogP contribution in [0.2, 0.25) is 0 Å². The molecule has 17 heavy (non-hydrogen) atoms. The van der Waals surface area contributed by atoms with Crippen molar-refractivity contribution in [3.05, 3.63) is 27.6 Å². The molecular formula is C10H14FIN2O2S. The highest BCUT2D eigenvalue weighted by molar-refractivity contribution is 14.1. The van der Waals surface area contributed by atoms with Crippen LogP contribution in [-0.4, -0.2) is 27.3 Å². The second-order valence-electron chi connectivity index (χ2n) is 3.40. The second kappa shape index (κ2) is 6.50. The molecule has 96 valence electrons. The van der Waals surface area contributed by atoms with Crippen LogP contribution in [0.3, 0.4) is 0 Å². The van der Waals surface area contributed by atoms with Crippen molar-refractivity contribution in [2.75, 3.05) is 23.6 Å². The first-order valence-electron chi connectivity index (χ1n) is 5.11.